The largest absolute Gasteiger partial charge is 0.478 e. The third-order valence-corrected chi connectivity index (χ3v) is 7.73. The second-order valence-corrected chi connectivity index (χ2v) is 11.2. The maximum absolute atomic E-state index is 12.6. The van der Waals surface area contributed by atoms with Gasteiger partial charge in [0.15, 0.2) is 6.10 Å². The summed E-state index contributed by atoms with van der Waals surface area (Å²) in [6.07, 6.45) is 0.539. The van der Waals surface area contributed by atoms with E-state index in [9.17, 15) is 13.2 Å². The van der Waals surface area contributed by atoms with Gasteiger partial charge in [0.25, 0.3) is 5.91 Å². The number of sulfonamides is 1. The average Bonchev–Trinajstić information content (AvgIpc) is 2.89. The molecule has 1 N–H and O–H groups in total. The predicted octanol–water partition coefficient (Wildman–Crippen LogP) is 4.61. The molecule has 0 bridgehead atoms. The third kappa shape index (κ3) is 6.58. The number of hydrogen-bond acceptors (Lipinski definition) is 5. The number of thioether (sulfide) groups is 1. The average molecular weight is 524 g/mol. The van der Waals surface area contributed by atoms with Crippen molar-refractivity contribution >= 4 is 68.2 Å². The molecule has 0 fully saturated rings. The van der Waals surface area contributed by atoms with Crippen molar-refractivity contribution in [1.82, 2.24) is 5.32 Å². The number of anilines is 1. The molecule has 0 saturated carbocycles. The number of amides is 1. The molecule has 0 aliphatic carbocycles. The first kappa shape index (κ1) is 24.3. The van der Waals surface area contributed by atoms with Crippen LogP contribution in [0.3, 0.4) is 0 Å². The molecule has 1 aliphatic heterocycles. The van der Waals surface area contributed by atoms with Crippen LogP contribution in [0.25, 0.3) is 0 Å². The Kier molecular flexibility index (Phi) is 8.26. The molecule has 1 unspecified atom stereocenters. The topological polar surface area (TPSA) is 75.7 Å². The summed E-state index contributed by atoms with van der Waals surface area (Å²) < 4.78 is 31.5. The highest BCUT2D eigenvalue weighted by Gasteiger charge is 2.31. The molecule has 0 saturated heterocycles. The molecule has 0 spiro atoms. The number of nitrogens with one attached hydrogen (secondary N) is 1. The minimum atomic E-state index is -3.54. The Morgan fingerprint density at radius 2 is 1.97 bits per heavy atom. The van der Waals surface area contributed by atoms with E-state index < -0.39 is 16.1 Å². The van der Waals surface area contributed by atoms with E-state index in [1.807, 2.05) is 12.1 Å². The predicted molar refractivity (Wildman–Crippen MR) is 128 cm³/mol. The first-order valence-corrected chi connectivity index (χ1v) is 13.5. The van der Waals surface area contributed by atoms with Crippen molar-refractivity contribution in [3.8, 4) is 5.75 Å². The molecular weight excluding hydrogens is 503 g/mol. The molecule has 1 heterocycles. The SMILES string of the molecule is CS(=O)(=O)N1CCC(C(=O)NCCSCc2ccc(Cl)c(Cl)c2)Oc2ccc(Cl)cc21. The monoisotopic (exact) mass is 522 g/mol. The summed E-state index contributed by atoms with van der Waals surface area (Å²) in [5.41, 5.74) is 1.39. The van der Waals surface area contributed by atoms with Gasteiger partial charge >= 0.3 is 0 Å². The van der Waals surface area contributed by atoms with E-state index in [-0.39, 0.29) is 18.9 Å². The fraction of sp³-hybridized carbons (Fsp3) is 0.350. The van der Waals surface area contributed by atoms with Crippen LogP contribution in [0.15, 0.2) is 36.4 Å². The quantitative estimate of drug-likeness (QED) is 0.536. The Morgan fingerprint density at radius 3 is 2.68 bits per heavy atom. The van der Waals surface area contributed by atoms with Gasteiger partial charge in [-0.1, -0.05) is 40.9 Å². The van der Waals surface area contributed by atoms with Gasteiger partial charge < -0.3 is 10.1 Å². The molecule has 1 aliphatic rings. The molecule has 0 aromatic heterocycles. The van der Waals surface area contributed by atoms with Crippen LogP contribution in [-0.2, 0) is 20.6 Å². The number of fused-ring (bicyclic) bond motifs is 1. The minimum absolute atomic E-state index is 0.121. The van der Waals surface area contributed by atoms with E-state index in [0.717, 1.165) is 17.6 Å². The van der Waals surface area contributed by atoms with Crippen LogP contribution in [0.1, 0.15) is 12.0 Å². The zero-order chi connectivity index (χ0) is 22.6. The first-order chi connectivity index (χ1) is 14.6. The number of hydrogen-bond donors (Lipinski definition) is 1. The van der Waals surface area contributed by atoms with Crippen molar-refractivity contribution in [3.63, 3.8) is 0 Å². The molecule has 1 atom stereocenters. The summed E-state index contributed by atoms with van der Waals surface area (Å²) >= 11 is 19.6. The van der Waals surface area contributed by atoms with Gasteiger partial charge in [-0.2, -0.15) is 11.8 Å². The molecule has 2 aromatic carbocycles. The van der Waals surface area contributed by atoms with Gasteiger partial charge in [0.2, 0.25) is 10.0 Å². The number of carbonyl (C=O) groups is 1. The Bertz CT molecular complexity index is 1070. The fourth-order valence-corrected chi connectivity index (χ4v) is 5.29. The Hall–Kier alpha value is -1.32. The summed E-state index contributed by atoms with van der Waals surface area (Å²) in [6, 6.07) is 10.2. The van der Waals surface area contributed by atoms with E-state index in [4.69, 9.17) is 39.5 Å². The van der Waals surface area contributed by atoms with Gasteiger partial charge in [0, 0.05) is 36.0 Å². The summed E-state index contributed by atoms with van der Waals surface area (Å²) in [5.74, 6) is 1.46. The number of carbonyl (C=O) groups excluding carboxylic acids is 1. The van der Waals surface area contributed by atoms with Crippen LogP contribution in [-0.4, -0.2) is 45.5 Å². The summed E-state index contributed by atoms with van der Waals surface area (Å²) in [5, 5.41) is 4.28. The third-order valence-electron chi connectivity index (χ3n) is 4.54. The lowest BCUT2D eigenvalue weighted by Gasteiger charge is -2.21. The molecule has 6 nitrogen and oxygen atoms in total. The number of benzene rings is 2. The minimum Gasteiger partial charge on any atom is -0.478 e. The van der Waals surface area contributed by atoms with Gasteiger partial charge in [-0.25, -0.2) is 8.42 Å². The maximum atomic E-state index is 12.6. The molecular formula is C20H21Cl3N2O4S2. The van der Waals surface area contributed by atoms with Gasteiger partial charge in [0.05, 0.1) is 22.0 Å². The van der Waals surface area contributed by atoms with Crippen LogP contribution in [0.5, 0.6) is 5.75 Å². The van der Waals surface area contributed by atoms with Crippen molar-refractivity contribution in [2.24, 2.45) is 0 Å². The number of ether oxygens (including phenoxy) is 1. The highest BCUT2D eigenvalue weighted by Crippen LogP contribution is 2.36. The van der Waals surface area contributed by atoms with E-state index >= 15 is 0 Å². The molecule has 11 heteroatoms. The van der Waals surface area contributed by atoms with Crippen molar-refractivity contribution in [2.45, 2.75) is 18.3 Å². The zero-order valence-corrected chi connectivity index (χ0v) is 20.5. The summed E-state index contributed by atoms with van der Waals surface area (Å²) in [6.45, 7) is 0.574. The van der Waals surface area contributed by atoms with Crippen LogP contribution in [0.2, 0.25) is 15.1 Å². The van der Waals surface area contributed by atoms with Gasteiger partial charge in [-0.3, -0.25) is 9.10 Å². The molecule has 3 rings (SSSR count). The van der Waals surface area contributed by atoms with Crippen LogP contribution >= 0.6 is 46.6 Å². The zero-order valence-electron chi connectivity index (χ0n) is 16.6. The Labute approximate surface area is 201 Å². The maximum Gasteiger partial charge on any atom is 0.261 e. The highest BCUT2D eigenvalue weighted by atomic mass is 35.5. The number of halogens is 3. The normalized spacial score (nSPS) is 16.3. The molecule has 31 heavy (non-hydrogen) atoms. The van der Waals surface area contributed by atoms with Crippen molar-refractivity contribution in [1.29, 1.82) is 0 Å². The Balaban J connectivity index is 1.55. The second-order valence-electron chi connectivity index (χ2n) is 6.93. The standard InChI is InChI=1S/C20H21Cl3N2O4S2/c1-31(27,28)25-8-6-19(29-18-5-3-14(21)11-17(18)25)20(26)24-7-9-30-12-13-2-4-15(22)16(23)10-13/h2-5,10-11,19H,6-9,12H2,1H3,(H,24,26). The van der Waals surface area contributed by atoms with Crippen molar-refractivity contribution < 1.29 is 17.9 Å². The molecule has 0 radical (unpaired) electrons. The van der Waals surface area contributed by atoms with E-state index in [1.54, 1.807) is 30.0 Å². The van der Waals surface area contributed by atoms with Gasteiger partial charge in [-0.05, 0) is 35.9 Å². The smallest absolute Gasteiger partial charge is 0.261 e. The van der Waals surface area contributed by atoms with E-state index in [2.05, 4.69) is 5.32 Å². The summed E-state index contributed by atoms with van der Waals surface area (Å²) in [4.78, 5) is 12.6. The number of rotatable bonds is 7. The van der Waals surface area contributed by atoms with Crippen LogP contribution in [0.4, 0.5) is 5.69 Å². The van der Waals surface area contributed by atoms with Crippen molar-refractivity contribution in [3.05, 3.63) is 57.0 Å². The first-order valence-electron chi connectivity index (χ1n) is 9.38. The highest BCUT2D eigenvalue weighted by molar-refractivity contribution is 7.98. The fourth-order valence-electron chi connectivity index (χ4n) is 3.06. The van der Waals surface area contributed by atoms with Crippen LogP contribution < -0.4 is 14.4 Å². The van der Waals surface area contributed by atoms with Crippen LogP contribution in [0, 0.1) is 0 Å². The van der Waals surface area contributed by atoms with Gasteiger partial charge in [-0.15, -0.1) is 0 Å². The van der Waals surface area contributed by atoms with Crippen molar-refractivity contribution in [2.75, 3.05) is 29.4 Å². The molecule has 2 aromatic rings. The summed E-state index contributed by atoms with van der Waals surface area (Å²) in [7, 11) is -3.54. The van der Waals surface area contributed by atoms with Gasteiger partial charge in [0.1, 0.15) is 5.75 Å². The lowest BCUT2D eigenvalue weighted by atomic mass is 10.2. The molecule has 168 valence electrons. The second kappa shape index (κ2) is 10.5. The number of nitrogens with zero attached hydrogens (tertiary/aromatic N) is 1. The Morgan fingerprint density at radius 1 is 1.19 bits per heavy atom. The lowest BCUT2D eigenvalue weighted by Crippen LogP contribution is -2.40. The van der Waals surface area contributed by atoms with E-state index in [0.29, 0.717) is 38.8 Å². The lowest BCUT2D eigenvalue weighted by molar-refractivity contribution is -0.127. The van der Waals surface area contributed by atoms with E-state index in [1.165, 1.54) is 10.4 Å². The molecule has 1 amide bonds.